The number of fused-ring (bicyclic) bond motifs is 4. The molecule has 60 heavy (non-hydrogen) atoms. The molecule has 2 fully saturated rings. The first kappa shape index (κ1) is 40.3. The van der Waals surface area contributed by atoms with Gasteiger partial charge in [0.2, 0.25) is 11.8 Å². The Morgan fingerprint density at radius 2 is 1.18 bits per heavy atom. The van der Waals surface area contributed by atoms with Crippen LogP contribution in [0.15, 0.2) is 72.9 Å². The van der Waals surface area contributed by atoms with Crippen LogP contribution < -0.4 is 10.6 Å². The first-order chi connectivity index (χ1) is 28.9. The SMILES string of the molecule is COC(=O)NC(C(=O)N1CCC[C@H]1c1ncc(-c2ccc3cc(-c4ccc5c(ccc6nc([C@@H]7CCCN7C(=O)C(NC(=O)OC)C(C)C)[nH]c65)c4)ccc3c2)[nH]1)C(C)C. The molecule has 0 spiro atoms. The lowest BCUT2D eigenvalue weighted by Gasteiger charge is -2.30. The van der Waals surface area contributed by atoms with Crippen molar-refractivity contribution < 1.29 is 28.7 Å². The van der Waals surface area contributed by atoms with Crippen molar-refractivity contribution in [2.45, 2.75) is 77.5 Å². The summed E-state index contributed by atoms with van der Waals surface area (Å²) in [6.45, 7) is 8.82. The Hall–Kier alpha value is -6.44. The van der Waals surface area contributed by atoms with Crippen LogP contribution in [0.3, 0.4) is 0 Å². The zero-order chi connectivity index (χ0) is 42.2. The van der Waals surface area contributed by atoms with E-state index in [1.165, 1.54) is 14.2 Å². The van der Waals surface area contributed by atoms with E-state index in [2.05, 4.69) is 81.3 Å². The molecular weight excluding hydrogens is 761 g/mol. The van der Waals surface area contributed by atoms with Gasteiger partial charge in [-0.05, 0) is 89.1 Å². The number of hydrogen-bond acceptors (Lipinski definition) is 8. The van der Waals surface area contributed by atoms with Crippen LogP contribution in [0.4, 0.5) is 9.59 Å². The monoisotopic (exact) mass is 812 g/mol. The molecule has 2 aliphatic heterocycles. The van der Waals surface area contributed by atoms with E-state index >= 15 is 0 Å². The van der Waals surface area contributed by atoms with Gasteiger partial charge in [-0.3, -0.25) is 9.59 Å². The van der Waals surface area contributed by atoms with E-state index in [0.29, 0.717) is 13.1 Å². The number of nitrogens with one attached hydrogen (secondary N) is 4. The maximum atomic E-state index is 13.7. The first-order valence-electron chi connectivity index (χ1n) is 20.8. The fourth-order valence-electron chi connectivity index (χ4n) is 8.80. The first-order valence-corrected chi connectivity index (χ1v) is 20.8. The normalized spacial score (nSPS) is 17.8. The maximum absolute atomic E-state index is 13.7. The minimum atomic E-state index is -0.694. The number of alkyl carbamates (subject to hydrolysis) is 2. The Bertz CT molecular complexity index is 2600. The molecule has 2 saturated heterocycles. The van der Waals surface area contributed by atoms with E-state index in [1.807, 2.05) is 49.8 Å². The summed E-state index contributed by atoms with van der Waals surface area (Å²) in [6, 6.07) is 21.6. The number of methoxy groups -OCH3 is 2. The topological polar surface area (TPSA) is 175 Å². The number of carbonyl (C=O) groups excluding carboxylic acids is 4. The van der Waals surface area contributed by atoms with E-state index < -0.39 is 24.3 Å². The van der Waals surface area contributed by atoms with Gasteiger partial charge in [0.15, 0.2) is 0 Å². The molecule has 0 bridgehead atoms. The van der Waals surface area contributed by atoms with E-state index in [-0.39, 0.29) is 35.7 Å². The molecule has 0 radical (unpaired) electrons. The molecule has 8 rings (SSSR count). The molecule has 4 atom stereocenters. The van der Waals surface area contributed by atoms with Crippen molar-refractivity contribution in [2.75, 3.05) is 27.3 Å². The molecule has 4 amide bonds. The highest BCUT2D eigenvalue weighted by Crippen LogP contribution is 2.37. The summed E-state index contributed by atoms with van der Waals surface area (Å²) in [5.74, 6) is 0.983. The molecule has 2 unspecified atom stereocenters. The van der Waals surface area contributed by atoms with Gasteiger partial charge in [-0.15, -0.1) is 0 Å². The molecule has 4 heterocycles. The predicted octanol–water partition coefficient (Wildman–Crippen LogP) is 8.01. The number of H-pyrrole nitrogens is 2. The van der Waals surface area contributed by atoms with E-state index in [1.54, 1.807) is 0 Å². The van der Waals surface area contributed by atoms with Crippen molar-refractivity contribution in [2.24, 2.45) is 11.8 Å². The zero-order valence-corrected chi connectivity index (χ0v) is 34.9. The van der Waals surface area contributed by atoms with Crippen LogP contribution in [0.1, 0.15) is 77.1 Å². The van der Waals surface area contributed by atoms with Crippen molar-refractivity contribution in [1.29, 1.82) is 0 Å². The molecule has 14 heteroatoms. The lowest BCUT2D eigenvalue weighted by atomic mass is 9.97. The predicted molar refractivity (Wildman–Crippen MR) is 230 cm³/mol. The van der Waals surface area contributed by atoms with Crippen LogP contribution in [0.5, 0.6) is 0 Å². The Kier molecular flexibility index (Phi) is 11.2. The van der Waals surface area contributed by atoms with Gasteiger partial charge in [-0.25, -0.2) is 19.6 Å². The van der Waals surface area contributed by atoms with E-state index in [9.17, 15) is 19.2 Å². The lowest BCUT2D eigenvalue weighted by Crippen LogP contribution is -2.51. The molecule has 4 N–H and O–H groups in total. The van der Waals surface area contributed by atoms with Crippen molar-refractivity contribution >= 4 is 56.6 Å². The summed E-state index contributed by atoms with van der Waals surface area (Å²) < 4.78 is 9.56. The van der Waals surface area contributed by atoms with Crippen LogP contribution >= 0.6 is 0 Å². The number of rotatable bonds is 10. The lowest BCUT2D eigenvalue weighted by molar-refractivity contribution is -0.136. The summed E-state index contributed by atoms with van der Waals surface area (Å²) >= 11 is 0. The third-order valence-corrected chi connectivity index (χ3v) is 12.1. The number of carbonyl (C=O) groups is 4. The fourth-order valence-corrected chi connectivity index (χ4v) is 8.80. The number of nitrogens with zero attached hydrogens (tertiary/aromatic N) is 4. The second-order valence-corrected chi connectivity index (χ2v) is 16.6. The molecule has 2 aromatic heterocycles. The molecule has 0 aliphatic carbocycles. The zero-order valence-electron chi connectivity index (χ0n) is 34.9. The standard InChI is InChI=1S/C46H52N8O6/c1-25(2)38(51-45(57)59-5)43(55)53-19-7-9-36(53)41-47-24-35(49-41)32-14-13-28-21-27(11-12-29(28)23-32)30-15-17-33-31(22-30)16-18-34-40(33)50-42(48-34)37-10-8-20-54(37)44(56)39(26(3)4)52-46(58)60-6/h11-18,21-26,36-39H,7-10,19-20H2,1-6H3,(H,47,49)(H,48,50)(H,51,57)(H,52,58)/t36-,37-,38?,39?/m0/s1. The Morgan fingerprint density at radius 1 is 0.667 bits per heavy atom. The second kappa shape index (κ2) is 16.7. The molecule has 6 aromatic rings. The molecule has 0 saturated carbocycles. The van der Waals surface area contributed by atoms with Crippen molar-refractivity contribution in [3.05, 3.63) is 84.6 Å². The summed E-state index contributed by atoms with van der Waals surface area (Å²) in [5.41, 5.74) is 5.82. The molecule has 312 valence electrons. The van der Waals surface area contributed by atoms with Crippen LogP contribution in [0, 0.1) is 11.8 Å². The van der Waals surface area contributed by atoms with Gasteiger partial charge >= 0.3 is 12.2 Å². The van der Waals surface area contributed by atoms with Gasteiger partial charge in [0.05, 0.1) is 49.2 Å². The van der Waals surface area contributed by atoms with Gasteiger partial charge in [-0.1, -0.05) is 70.2 Å². The van der Waals surface area contributed by atoms with Crippen LogP contribution in [0.25, 0.3) is 55.0 Å². The summed E-state index contributed by atoms with van der Waals surface area (Å²) in [4.78, 5) is 71.7. The maximum Gasteiger partial charge on any atom is 0.407 e. The minimum Gasteiger partial charge on any atom is -0.453 e. The van der Waals surface area contributed by atoms with E-state index in [4.69, 9.17) is 19.4 Å². The molecule has 2 aliphatic rings. The van der Waals surface area contributed by atoms with Gasteiger partial charge in [0.25, 0.3) is 0 Å². The summed E-state index contributed by atoms with van der Waals surface area (Å²) in [5, 5.41) is 9.74. The fraction of sp³-hybridized carbons (Fsp3) is 0.391. The Morgan fingerprint density at radius 3 is 1.77 bits per heavy atom. The van der Waals surface area contributed by atoms with Gasteiger partial charge in [0.1, 0.15) is 23.7 Å². The average Bonchev–Trinajstić information content (AvgIpc) is 4.09. The summed E-state index contributed by atoms with van der Waals surface area (Å²) in [6.07, 6.45) is 3.83. The van der Waals surface area contributed by atoms with Crippen LogP contribution in [-0.2, 0) is 19.1 Å². The van der Waals surface area contributed by atoms with E-state index in [0.717, 1.165) is 92.3 Å². The number of aromatic amines is 2. The number of ether oxygens (including phenoxy) is 2. The number of amides is 4. The van der Waals surface area contributed by atoms with Crippen LogP contribution in [0.2, 0.25) is 0 Å². The average molecular weight is 813 g/mol. The number of benzene rings is 4. The third-order valence-electron chi connectivity index (χ3n) is 12.1. The molecular formula is C46H52N8O6. The second-order valence-electron chi connectivity index (χ2n) is 16.6. The number of hydrogen-bond donors (Lipinski definition) is 4. The van der Waals surface area contributed by atoms with Crippen LogP contribution in [-0.4, -0.2) is 93.1 Å². The highest BCUT2D eigenvalue weighted by atomic mass is 16.5. The number of imidazole rings is 2. The number of likely N-dealkylation sites (tertiary alicyclic amines) is 2. The van der Waals surface area contributed by atoms with Crippen molar-refractivity contribution in [1.82, 2.24) is 40.4 Å². The number of aromatic nitrogens is 4. The quantitative estimate of drug-likeness (QED) is 0.108. The minimum absolute atomic E-state index is 0.107. The Labute approximate surface area is 348 Å². The highest BCUT2D eigenvalue weighted by molar-refractivity contribution is 6.06. The molecule has 14 nitrogen and oxygen atoms in total. The largest absolute Gasteiger partial charge is 0.453 e. The van der Waals surface area contributed by atoms with Gasteiger partial charge < -0.3 is 39.9 Å². The highest BCUT2D eigenvalue weighted by Gasteiger charge is 2.39. The third kappa shape index (κ3) is 7.73. The van der Waals surface area contributed by atoms with Crippen molar-refractivity contribution in [3.8, 4) is 22.4 Å². The van der Waals surface area contributed by atoms with Gasteiger partial charge in [-0.2, -0.15) is 0 Å². The van der Waals surface area contributed by atoms with Gasteiger partial charge in [0, 0.05) is 24.0 Å². The smallest absolute Gasteiger partial charge is 0.407 e. The molecule has 4 aromatic carbocycles. The Balaban J connectivity index is 0.998. The summed E-state index contributed by atoms with van der Waals surface area (Å²) in [7, 11) is 2.59. The van der Waals surface area contributed by atoms with Crippen molar-refractivity contribution in [3.63, 3.8) is 0 Å².